The molecule has 2 rings (SSSR count). The molecule has 1 amide bonds. The monoisotopic (exact) mass is 295 g/mol. The maximum absolute atomic E-state index is 12.2. The second-order valence-corrected chi connectivity index (χ2v) is 5.40. The number of rotatable bonds is 5. The number of nitrogens with zero attached hydrogens (tertiary/aromatic N) is 4. The van der Waals surface area contributed by atoms with Crippen LogP contribution in [0.2, 0.25) is 0 Å². The van der Waals surface area contributed by atoms with Gasteiger partial charge in [-0.25, -0.2) is 0 Å². The topological polar surface area (TPSA) is 93.3 Å². The first-order chi connectivity index (χ1) is 9.91. The Hall–Kier alpha value is -1.96. The quantitative estimate of drug-likeness (QED) is 0.635. The minimum absolute atomic E-state index is 0.0378. The lowest BCUT2D eigenvalue weighted by Crippen LogP contribution is -2.38. The highest BCUT2D eigenvalue weighted by molar-refractivity contribution is 5.76. The number of likely N-dealkylation sites (N-methyl/N-ethyl adjacent to an activating group) is 1. The van der Waals surface area contributed by atoms with Gasteiger partial charge in [0.2, 0.25) is 5.91 Å². The highest BCUT2D eigenvalue weighted by atomic mass is 16.6. The van der Waals surface area contributed by atoms with E-state index in [1.54, 1.807) is 23.4 Å². The van der Waals surface area contributed by atoms with E-state index in [0.717, 1.165) is 19.5 Å². The Labute approximate surface area is 123 Å². The van der Waals surface area contributed by atoms with Crippen LogP contribution in [0.5, 0.6) is 0 Å². The van der Waals surface area contributed by atoms with Crippen molar-refractivity contribution in [2.75, 3.05) is 20.1 Å². The van der Waals surface area contributed by atoms with Crippen LogP contribution in [0.4, 0.5) is 5.69 Å². The SMILES string of the molecule is Cc1nn(CCC(=O)N(C)C2CCNC2)c(C)c1[N+](=O)[O-]. The minimum Gasteiger partial charge on any atom is -0.341 e. The molecule has 1 aromatic rings. The molecule has 0 aliphatic carbocycles. The fourth-order valence-corrected chi connectivity index (χ4v) is 2.72. The van der Waals surface area contributed by atoms with Crippen molar-refractivity contribution in [3.63, 3.8) is 0 Å². The maximum atomic E-state index is 12.2. The third-order valence-corrected chi connectivity index (χ3v) is 4.04. The van der Waals surface area contributed by atoms with Gasteiger partial charge < -0.3 is 10.2 Å². The van der Waals surface area contributed by atoms with E-state index in [2.05, 4.69) is 10.4 Å². The number of carbonyl (C=O) groups is 1. The molecule has 0 radical (unpaired) electrons. The van der Waals surface area contributed by atoms with Crippen molar-refractivity contribution < 1.29 is 9.72 Å². The van der Waals surface area contributed by atoms with Crippen LogP contribution in [-0.2, 0) is 11.3 Å². The van der Waals surface area contributed by atoms with Gasteiger partial charge in [0.1, 0.15) is 11.4 Å². The van der Waals surface area contributed by atoms with Crippen molar-refractivity contribution in [1.29, 1.82) is 0 Å². The molecule has 0 spiro atoms. The first-order valence-electron chi connectivity index (χ1n) is 7.06. The molecule has 0 aromatic carbocycles. The molecule has 0 saturated carbocycles. The molecule has 1 saturated heterocycles. The van der Waals surface area contributed by atoms with E-state index < -0.39 is 4.92 Å². The van der Waals surface area contributed by atoms with E-state index in [0.29, 0.717) is 24.4 Å². The fourth-order valence-electron chi connectivity index (χ4n) is 2.72. The van der Waals surface area contributed by atoms with E-state index in [1.165, 1.54) is 0 Å². The van der Waals surface area contributed by atoms with Crippen LogP contribution in [0.15, 0.2) is 0 Å². The second kappa shape index (κ2) is 6.21. The van der Waals surface area contributed by atoms with Crippen molar-refractivity contribution in [1.82, 2.24) is 20.0 Å². The molecular weight excluding hydrogens is 274 g/mol. The molecule has 1 aromatic heterocycles. The van der Waals surface area contributed by atoms with Crippen LogP contribution >= 0.6 is 0 Å². The van der Waals surface area contributed by atoms with Crippen molar-refractivity contribution in [3.05, 3.63) is 21.5 Å². The van der Waals surface area contributed by atoms with Crippen molar-refractivity contribution in [2.45, 2.75) is 39.3 Å². The summed E-state index contributed by atoms with van der Waals surface area (Å²) in [7, 11) is 1.81. The Morgan fingerprint density at radius 1 is 1.57 bits per heavy atom. The van der Waals surface area contributed by atoms with Crippen LogP contribution in [0.1, 0.15) is 24.2 Å². The Bertz CT molecular complexity index is 548. The average molecular weight is 295 g/mol. The van der Waals surface area contributed by atoms with Gasteiger partial charge in [0.15, 0.2) is 0 Å². The highest BCUT2D eigenvalue weighted by Crippen LogP contribution is 2.22. The zero-order chi connectivity index (χ0) is 15.6. The normalized spacial score (nSPS) is 18.0. The van der Waals surface area contributed by atoms with E-state index in [4.69, 9.17) is 0 Å². The predicted molar refractivity (Wildman–Crippen MR) is 77.0 cm³/mol. The van der Waals surface area contributed by atoms with Gasteiger partial charge in [0, 0.05) is 26.1 Å². The molecule has 1 N–H and O–H groups in total. The molecule has 8 nitrogen and oxygen atoms in total. The maximum Gasteiger partial charge on any atom is 0.312 e. The van der Waals surface area contributed by atoms with Gasteiger partial charge in [0.25, 0.3) is 0 Å². The number of hydrogen-bond donors (Lipinski definition) is 1. The minimum atomic E-state index is -0.424. The predicted octanol–water partition coefficient (Wildman–Crippen LogP) is 0.619. The van der Waals surface area contributed by atoms with Gasteiger partial charge in [-0.3, -0.25) is 19.6 Å². The summed E-state index contributed by atoms with van der Waals surface area (Å²) in [4.78, 5) is 24.4. The summed E-state index contributed by atoms with van der Waals surface area (Å²) in [6.45, 7) is 5.40. The first kappa shape index (κ1) is 15.4. The molecular formula is C13H21N5O3. The summed E-state index contributed by atoms with van der Waals surface area (Å²) in [5.41, 5.74) is 0.921. The molecule has 0 bridgehead atoms. The standard InChI is InChI=1S/C13H21N5O3/c1-9-13(18(20)21)10(2)17(15-9)7-5-12(19)16(3)11-4-6-14-8-11/h11,14H,4-8H2,1-3H3. The number of nitrogens with one attached hydrogen (secondary N) is 1. The molecule has 1 unspecified atom stereocenters. The summed E-state index contributed by atoms with van der Waals surface area (Å²) in [6.07, 6.45) is 1.26. The second-order valence-electron chi connectivity index (χ2n) is 5.40. The lowest BCUT2D eigenvalue weighted by molar-refractivity contribution is -0.386. The van der Waals surface area contributed by atoms with Crippen molar-refractivity contribution in [3.8, 4) is 0 Å². The van der Waals surface area contributed by atoms with Gasteiger partial charge in [-0.1, -0.05) is 0 Å². The van der Waals surface area contributed by atoms with Gasteiger partial charge in [-0.15, -0.1) is 0 Å². The van der Waals surface area contributed by atoms with Gasteiger partial charge >= 0.3 is 5.69 Å². The van der Waals surface area contributed by atoms with E-state index in [-0.39, 0.29) is 17.6 Å². The summed E-state index contributed by atoms with van der Waals surface area (Å²) in [6, 6.07) is 0.243. The summed E-state index contributed by atoms with van der Waals surface area (Å²) < 4.78 is 1.55. The molecule has 2 heterocycles. The number of nitro groups is 1. The summed E-state index contributed by atoms with van der Waals surface area (Å²) in [5.74, 6) is 0.0407. The average Bonchev–Trinajstić information content (AvgIpc) is 3.03. The molecule has 8 heteroatoms. The number of aryl methyl sites for hydroxylation is 2. The third-order valence-electron chi connectivity index (χ3n) is 4.04. The smallest absolute Gasteiger partial charge is 0.312 e. The lowest BCUT2D eigenvalue weighted by atomic mass is 10.2. The van der Waals surface area contributed by atoms with Crippen molar-refractivity contribution >= 4 is 11.6 Å². The molecule has 1 aliphatic rings. The van der Waals surface area contributed by atoms with Crippen LogP contribution in [0, 0.1) is 24.0 Å². The van der Waals surface area contributed by atoms with Crippen LogP contribution in [0.3, 0.4) is 0 Å². The van der Waals surface area contributed by atoms with Crippen LogP contribution in [0.25, 0.3) is 0 Å². The van der Waals surface area contributed by atoms with Gasteiger partial charge in [-0.2, -0.15) is 5.10 Å². The number of hydrogen-bond acceptors (Lipinski definition) is 5. The van der Waals surface area contributed by atoms with Gasteiger partial charge in [0.05, 0.1) is 11.5 Å². The largest absolute Gasteiger partial charge is 0.341 e. The Morgan fingerprint density at radius 3 is 2.81 bits per heavy atom. The molecule has 21 heavy (non-hydrogen) atoms. The zero-order valence-electron chi connectivity index (χ0n) is 12.6. The number of amides is 1. The fraction of sp³-hybridized carbons (Fsp3) is 0.692. The molecule has 1 atom stereocenters. The number of aromatic nitrogens is 2. The Morgan fingerprint density at radius 2 is 2.29 bits per heavy atom. The highest BCUT2D eigenvalue weighted by Gasteiger charge is 2.25. The van der Waals surface area contributed by atoms with Crippen LogP contribution < -0.4 is 5.32 Å². The van der Waals surface area contributed by atoms with Gasteiger partial charge in [-0.05, 0) is 26.8 Å². The van der Waals surface area contributed by atoms with E-state index in [9.17, 15) is 14.9 Å². The molecule has 1 fully saturated rings. The third kappa shape index (κ3) is 3.21. The zero-order valence-corrected chi connectivity index (χ0v) is 12.6. The van der Waals surface area contributed by atoms with Crippen molar-refractivity contribution in [2.24, 2.45) is 0 Å². The Balaban J connectivity index is 1.98. The van der Waals surface area contributed by atoms with E-state index in [1.807, 2.05) is 7.05 Å². The molecule has 1 aliphatic heterocycles. The van der Waals surface area contributed by atoms with E-state index >= 15 is 0 Å². The number of carbonyl (C=O) groups excluding carboxylic acids is 1. The Kier molecular flexibility index (Phi) is 4.56. The summed E-state index contributed by atoms with van der Waals surface area (Å²) in [5, 5.41) is 18.3. The van der Waals surface area contributed by atoms with Crippen LogP contribution in [-0.4, -0.2) is 51.7 Å². The first-order valence-corrected chi connectivity index (χ1v) is 7.06. The molecule has 116 valence electrons. The lowest BCUT2D eigenvalue weighted by Gasteiger charge is -2.23. The summed E-state index contributed by atoms with van der Waals surface area (Å²) >= 11 is 0.